The fourth-order valence-corrected chi connectivity index (χ4v) is 20.7. The molecule has 0 N–H and O–H groups in total. The summed E-state index contributed by atoms with van der Waals surface area (Å²) in [6.07, 6.45) is 0. The van der Waals surface area contributed by atoms with Gasteiger partial charge in [-0.15, -0.1) is 0 Å². The minimum atomic E-state index is -4.04. The molecule has 0 saturated carbocycles. The molecule has 0 atom stereocenters. The maximum absolute atomic E-state index is 5.27. The van der Waals surface area contributed by atoms with Crippen molar-refractivity contribution in [2.75, 3.05) is 0 Å². The van der Waals surface area contributed by atoms with E-state index in [2.05, 4.69) is 144 Å². The molecule has 2 heterocycles. The summed E-state index contributed by atoms with van der Waals surface area (Å²) in [5.41, 5.74) is 10.9. The Bertz CT molecular complexity index is 1460. The van der Waals surface area contributed by atoms with Gasteiger partial charge < -0.3 is 0 Å². The third kappa shape index (κ3) is 4.57. The predicted molar refractivity (Wildman–Crippen MR) is 166 cm³/mol. The molecule has 0 saturated heterocycles. The zero-order valence-corrected chi connectivity index (χ0v) is 27.6. The fourth-order valence-electron chi connectivity index (χ4n) is 5.83. The van der Waals surface area contributed by atoms with Gasteiger partial charge in [0.05, 0.1) is 0 Å². The van der Waals surface area contributed by atoms with E-state index < -0.39 is 18.4 Å². The average molecular weight is 623 g/mol. The molecule has 0 unspecified atom stereocenters. The molecule has 2 aromatic heterocycles. The van der Waals surface area contributed by atoms with Crippen LogP contribution in [0, 0.1) is 62.3 Å². The van der Waals surface area contributed by atoms with Crippen molar-refractivity contribution in [3.05, 3.63) is 123 Å². The van der Waals surface area contributed by atoms with Gasteiger partial charge in [-0.2, -0.15) is 0 Å². The number of nitrogens with zero attached hydrogens (tertiary/aromatic N) is 4. The molecule has 5 heteroatoms. The van der Waals surface area contributed by atoms with Crippen LogP contribution in [0.25, 0.3) is 0 Å². The van der Waals surface area contributed by atoms with Crippen LogP contribution in [0.3, 0.4) is 0 Å². The van der Waals surface area contributed by atoms with E-state index in [1.807, 2.05) is 0 Å². The molecule has 3 aromatic carbocycles. The van der Waals surface area contributed by atoms with Crippen molar-refractivity contribution in [2.45, 2.75) is 66.5 Å². The SMILES string of the molecule is Cc1cc[c]([Sn]([c]2ccc(C)cc2)([c]2ccc(C)cc2)[CH](n2nc(C)c(C)c2C)n2nc(C)c(C)c2C)cc1. The van der Waals surface area contributed by atoms with Crippen LogP contribution in [0.2, 0.25) is 0 Å². The van der Waals surface area contributed by atoms with Gasteiger partial charge in [0.1, 0.15) is 0 Å². The first kappa shape index (κ1) is 27.4. The summed E-state index contributed by atoms with van der Waals surface area (Å²) in [6.45, 7) is 19.6. The standard InChI is InChI=1S/C13H19N4.3C7H7.Sn/c1-8-10(3)14-16(12(8)5)7-17-13(6)9(2)11(4)15-17;3*1-7-5-3-2-4-6-7;/h7H,1-6H3;3*3-6H,1H3;. The number of rotatable bonds is 6. The van der Waals surface area contributed by atoms with E-state index >= 15 is 0 Å². The molecule has 200 valence electrons. The maximum atomic E-state index is 5.27. The molecular formula is C34H40N4Sn. The van der Waals surface area contributed by atoms with Crippen LogP contribution in [0.1, 0.15) is 54.8 Å². The molecule has 0 radical (unpaired) electrons. The Hall–Kier alpha value is -3.12. The Morgan fingerprint density at radius 1 is 0.462 bits per heavy atom. The van der Waals surface area contributed by atoms with Crippen molar-refractivity contribution in [3.8, 4) is 0 Å². The fraction of sp³-hybridized carbons (Fsp3) is 0.294. The van der Waals surface area contributed by atoms with E-state index in [4.69, 9.17) is 10.2 Å². The first-order valence-electron chi connectivity index (χ1n) is 13.8. The van der Waals surface area contributed by atoms with Gasteiger partial charge in [-0.25, -0.2) is 0 Å². The quantitative estimate of drug-likeness (QED) is 0.231. The molecule has 0 amide bonds. The molecule has 0 aliphatic heterocycles. The zero-order valence-electron chi connectivity index (χ0n) is 24.8. The summed E-state index contributed by atoms with van der Waals surface area (Å²) in [5, 5.41) is 10.5. The second-order valence-electron chi connectivity index (χ2n) is 11.3. The van der Waals surface area contributed by atoms with Crippen molar-refractivity contribution >= 4 is 29.1 Å². The van der Waals surface area contributed by atoms with Gasteiger partial charge >= 0.3 is 239 Å². The Labute approximate surface area is 237 Å². The Morgan fingerprint density at radius 3 is 0.974 bits per heavy atom. The number of hydrogen-bond acceptors (Lipinski definition) is 2. The monoisotopic (exact) mass is 624 g/mol. The average Bonchev–Trinajstić information content (AvgIpc) is 3.32. The third-order valence-electron chi connectivity index (χ3n) is 8.74. The van der Waals surface area contributed by atoms with E-state index in [0.717, 1.165) is 11.4 Å². The normalized spacial score (nSPS) is 11.9. The third-order valence-corrected chi connectivity index (χ3v) is 23.0. The van der Waals surface area contributed by atoms with Gasteiger partial charge in [-0.1, -0.05) is 0 Å². The molecule has 4 nitrogen and oxygen atoms in total. The zero-order chi connectivity index (χ0) is 28.1. The number of aromatic nitrogens is 4. The summed E-state index contributed by atoms with van der Waals surface area (Å²) in [5.74, 6) is 0. The molecule has 5 aromatic rings. The summed E-state index contributed by atoms with van der Waals surface area (Å²) >= 11 is -4.04. The van der Waals surface area contributed by atoms with Crippen molar-refractivity contribution in [2.24, 2.45) is 0 Å². The van der Waals surface area contributed by atoms with Crippen molar-refractivity contribution in [1.29, 1.82) is 0 Å². The Morgan fingerprint density at radius 2 is 0.744 bits per heavy atom. The molecule has 0 spiro atoms. The van der Waals surface area contributed by atoms with Gasteiger partial charge in [0.15, 0.2) is 0 Å². The Kier molecular flexibility index (Phi) is 7.36. The predicted octanol–water partition coefficient (Wildman–Crippen LogP) is 5.61. The van der Waals surface area contributed by atoms with Gasteiger partial charge in [0.2, 0.25) is 0 Å². The molecular weight excluding hydrogens is 583 g/mol. The van der Waals surface area contributed by atoms with E-state index in [-0.39, 0.29) is 4.18 Å². The van der Waals surface area contributed by atoms with Gasteiger partial charge in [0.25, 0.3) is 0 Å². The van der Waals surface area contributed by atoms with Crippen LogP contribution in [-0.4, -0.2) is 37.9 Å². The molecule has 0 bridgehead atoms. The number of benzene rings is 3. The number of hydrogen-bond donors (Lipinski definition) is 0. The van der Waals surface area contributed by atoms with E-state index in [0.29, 0.717) is 0 Å². The molecule has 5 rings (SSSR count). The summed E-state index contributed by atoms with van der Waals surface area (Å²) in [6, 6.07) is 28.0. The van der Waals surface area contributed by atoms with Crippen molar-refractivity contribution in [1.82, 2.24) is 19.6 Å². The molecule has 0 fully saturated rings. The van der Waals surface area contributed by atoms with E-state index in [1.165, 1.54) is 49.9 Å². The van der Waals surface area contributed by atoms with Gasteiger partial charge in [-0.05, 0) is 0 Å². The van der Waals surface area contributed by atoms with Crippen LogP contribution in [-0.2, 0) is 0 Å². The summed E-state index contributed by atoms with van der Waals surface area (Å²) in [4.78, 5) is 0. The van der Waals surface area contributed by atoms with E-state index in [1.54, 1.807) is 0 Å². The summed E-state index contributed by atoms with van der Waals surface area (Å²) in [7, 11) is 0. The van der Waals surface area contributed by atoms with E-state index in [9.17, 15) is 0 Å². The van der Waals surface area contributed by atoms with Crippen LogP contribution < -0.4 is 10.7 Å². The van der Waals surface area contributed by atoms with Gasteiger partial charge in [-0.3, -0.25) is 0 Å². The van der Waals surface area contributed by atoms with Crippen LogP contribution in [0.5, 0.6) is 0 Å². The number of aryl methyl sites for hydroxylation is 5. The molecule has 0 aliphatic carbocycles. The topological polar surface area (TPSA) is 35.6 Å². The van der Waals surface area contributed by atoms with Crippen molar-refractivity contribution < 1.29 is 0 Å². The second-order valence-corrected chi connectivity index (χ2v) is 22.3. The van der Waals surface area contributed by atoms with Crippen molar-refractivity contribution in [3.63, 3.8) is 0 Å². The first-order valence-corrected chi connectivity index (χ1v) is 19.7. The molecule has 0 aliphatic rings. The van der Waals surface area contributed by atoms with Gasteiger partial charge in [0, 0.05) is 0 Å². The Balaban J connectivity index is 2.02. The second kappa shape index (κ2) is 10.5. The minimum absolute atomic E-state index is 0.0766. The molecule has 39 heavy (non-hydrogen) atoms. The van der Waals surface area contributed by atoms with Crippen LogP contribution >= 0.6 is 0 Å². The summed E-state index contributed by atoms with van der Waals surface area (Å²) < 4.78 is 8.82. The van der Waals surface area contributed by atoms with Crippen LogP contribution in [0.15, 0.2) is 72.8 Å². The first-order chi connectivity index (χ1) is 18.5. The van der Waals surface area contributed by atoms with Crippen LogP contribution in [0.4, 0.5) is 0 Å².